The van der Waals surface area contributed by atoms with Crippen LogP contribution in [0.1, 0.15) is 24.2 Å². The molecule has 2 heterocycles. The van der Waals surface area contributed by atoms with Gasteiger partial charge in [0, 0.05) is 25.4 Å². The SMILES string of the molecule is CC(Nc1ccc2c(c1)CCO2)c1ccnn1C. The molecular weight excluding hydrogens is 226 g/mol. The predicted octanol–water partition coefficient (Wildman–Crippen LogP) is 2.53. The van der Waals surface area contributed by atoms with E-state index < -0.39 is 0 Å². The van der Waals surface area contributed by atoms with E-state index in [2.05, 4.69) is 29.5 Å². The Bertz CT molecular complexity index is 562. The lowest BCUT2D eigenvalue weighted by Gasteiger charge is -2.16. The Kier molecular flexibility index (Phi) is 2.70. The molecule has 0 aliphatic carbocycles. The predicted molar refractivity (Wildman–Crippen MR) is 70.9 cm³/mol. The zero-order valence-electron chi connectivity index (χ0n) is 10.7. The summed E-state index contributed by atoms with van der Waals surface area (Å²) in [7, 11) is 1.96. The second-order valence-corrected chi connectivity index (χ2v) is 4.67. The molecule has 1 aliphatic heterocycles. The highest BCUT2D eigenvalue weighted by molar-refractivity contribution is 5.53. The topological polar surface area (TPSA) is 39.1 Å². The molecule has 4 heteroatoms. The van der Waals surface area contributed by atoms with Crippen LogP contribution in [0.15, 0.2) is 30.5 Å². The van der Waals surface area contributed by atoms with Crippen molar-refractivity contribution in [2.24, 2.45) is 7.05 Å². The zero-order chi connectivity index (χ0) is 12.5. The first-order valence-corrected chi connectivity index (χ1v) is 6.24. The highest BCUT2D eigenvalue weighted by Crippen LogP contribution is 2.29. The molecule has 1 aromatic carbocycles. The molecule has 0 saturated heterocycles. The molecule has 1 N–H and O–H groups in total. The van der Waals surface area contributed by atoms with Gasteiger partial charge < -0.3 is 10.1 Å². The highest BCUT2D eigenvalue weighted by atomic mass is 16.5. The molecule has 0 amide bonds. The number of fused-ring (bicyclic) bond motifs is 1. The largest absolute Gasteiger partial charge is 0.493 e. The molecule has 0 saturated carbocycles. The van der Waals surface area contributed by atoms with Gasteiger partial charge in [0.2, 0.25) is 0 Å². The summed E-state index contributed by atoms with van der Waals surface area (Å²) in [6.45, 7) is 2.94. The van der Waals surface area contributed by atoms with Gasteiger partial charge in [-0.15, -0.1) is 0 Å². The first kappa shape index (κ1) is 11.1. The summed E-state index contributed by atoms with van der Waals surface area (Å²) in [6, 6.07) is 8.55. The average molecular weight is 243 g/mol. The number of benzene rings is 1. The quantitative estimate of drug-likeness (QED) is 0.900. The van der Waals surface area contributed by atoms with E-state index in [1.807, 2.05) is 30.1 Å². The molecule has 0 spiro atoms. The van der Waals surface area contributed by atoms with Gasteiger partial charge in [-0.2, -0.15) is 5.10 Å². The van der Waals surface area contributed by atoms with E-state index in [4.69, 9.17) is 4.74 Å². The van der Waals surface area contributed by atoms with Crippen molar-refractivity contribution in [3.8, 4) is 5.75 Å². The number of aryl methyl sites for hydroxylation is 1. The van der Waals surface area contributed by atoms with Gasteiger partial charge in [0.1, 0.15) is 5.75 Å². The number of aromatic nitrogens is 2. The van der Waals surface area contributed by atoms with Crippen molar-refractivity contribution in [3.63, 3.8) is 0 Å². The Hall–Kier alpha value is -1.97. The van der Waals surface area contributed by atoms with Gasteiger partial charge in [0.15, 0.2) is 0 Å². The van der Waals surface area contributed by atoms with Crippen molar-refractivity contribution in [3.05, 3.63) is 41.7 Å². The second kappa shape index (κ2) is 4.37. The van der Waals surface area contributed by atoms with Crippen LogP contribution in [0, 0.1) is 0 Å². The third-order valence-electron chi connectivity index (χ3n) is 3.38. The van der Waals surface area contributed by atoms with E-state index in [-0.39, 0.29) is 6.04 Å². The van der Waals surface area contributed by atoms with Crippen molar-refractivity contribution in [1.82, 2.24) is 9.78 Å². The maximum Gasteiger partial charge on any atom is 0.122 e. The van der Waals surface area contributed by atoms with Gasteiger partial charge in [-0.1, -0.05) is 0 Å². The fourth-order valence-electron chi connectivity index (χ4n) is 2.41. The van der Waals surface area contributed by atoms with Crippen LogP contribution in [-0.2, 0) is 13.5 Å². The molecule has 1 unspecified atom stereocenters. The van der Waals surface area contributed by atoms with E-state index in [0.29, 0.717) is 0 Å². The summed E-state index contributed by atoms with van der Waals surface area (Å²) < 4.78 is 7.40. The number of hydrogen-bond acceptors (Lipinski definition) is 3. The molecule has 1 aromatic heterocycles. The van der Waals surface area contributed by atoms with Crippen molar-refractivity contribution < 1.29 is 4.74 Å². The van der Waals surface area contributed by atoms with Crippen molar-refractivity contribution >= 4 is 5.69 Å². The van der Waals surface area contributed by atoms with Crippen LogP contribution in [0.3, 0.4) is 0 Å². The van der Waals surface area contributed by atoms with Gasteiger partial charge in [0.05, 0.1) is 18.3 Å². The van der Waals surface area contributed by atoms with Crippen molar-refractivity contribution in [2.75, 3.05) is 11.9 Å². The molecule has 18 heavy (non-hydrogen) atoms. The highest BCUT2D eigenvalue weighted by Gasteiger charge is 2.14. The van der Waals surface area contributed by atoms with Crippen molar-refractivity contribution in [1.29, 1.82) is 0 Å². The number of rotatable bonds is 3. The molecule has 3 rings (SSSR count). The van der Waals surface area contributed by atoms with Crippen LogP contribution in [0.25, 0.3) is 0 Å². The number of nitrogens with one attached hydrogen (secondary N) is 1. The van der Waals surface area contributed by atoms with Crippen LogP contribution in [-0.4, -0.2) is 16.4 Å². The maximum absolute atomic E-state index is 5.51. The summed E-state index contributed by atoms with van der Waals surface area (Å²) >= 11 is 0. The van der Waals surface area contributed by atoms with Crippen LogP contribution in [0.5, 0.6) is 5.75 Å². The lowest BCUT2D eigenvalue weighted by atomic mass is 10.1. The molecule has 1 aliphatic rings. The van der Waals surface area contributed by atoms with Crippen LogP contribution in [0.2, 0.25) is 0 Å². The molecule has 4 nitrogen and oxygen atoms in total. The second-order valence-electron chi connectivity index (χ2n) is 4.67. The smallest absolute Gasteiger partial charge is 0.122 e. The fourth-order valence-corrected chi connectivity index (χ4v) is 2.41. The van der Waals surface area contributed by atoms with Crippen LogP contribution in [0.4, 0.5) is 5.69 Å². The van der Waals surface area contributed by atoms with Gasteiger partial charge in [0.25, 0.3) is 0 Å². The Balaban J connectivity index is 1.79. The standard InChI is InChI=1S/C14H17N3O/c1-10(13-5-7-15-17(13)2)16-12-3-4-14-11(9-12)6-8-18-14/h3-5,7,9-10,16H,6,8H2,1-2H3. The Morgan fingerprint density at radius 1 is 1.39 bits per heavy atom. The van der Waals surface area contributed by atoms with E-state index in [9.17, 15) is 0 Å². The molecular formula is C14H17N3O. The number of ether oxygens (including phenoxy) is 1. The van der Waals surface area contributed by atoms with Crippen molar-refractivity contribution in [2.45, 2.75) is 19.4 Å². The first-order chi connectivity index (χ1) is 8.74. The minimum absolute atomic E-state index is 0.234. The Morgan fingerprint density at radius 2 is 2.28 bits per heavy atom. The summed E-state index contributed by atoms with van der Waals surface area (Å²) in [4.78, 5) is 0. The van der Waals surface area contributed by atoms with E-state index in [1.54, 1.807) is 0 Å². The van der Waals surface area contributed by atoms with Gasteiger partial charge in [-0.3, -0.25) is 4.68 Å². The van der Waals surface area contributed by atoms with Gasteiger partial charge >= 0.3 is 0 Å². The molecule has 0 fully saturated rings. The summed E-state index contributed by atoms with van der Waals surface area (Å²) in [5.74, 6) is 1.02. The number of hydrogen-bond donors (Lipinski definition) is 1. The molecule has 2 aromatic rings. The average Bonchev–Trinajstić information content (AvgIpc) is 2.96. The molecule has 0 bridgehead atoms. The molecule has 1 atom stereocenters. The number of anilines is 1. The summed E-state index contributed by atoms with van der Waals surface area (Å²) in [5.41, 5.74) is 3.59. The van der Waals surface area contributed by atoms with E-state index in [1.165, 1.54) is 11.3 Å². The van der Waals surface area contributed by atoms with Gasteiger partial charge in [-0.05, 0) is 36.8 Å². The first-order valence-electron chi connectivity index (χ1n) is 6.24. The third kappa shape index (κ3) is 1.94. The lowest BCUT2D eigenvalue weighted by molar-refractivity contribution is 0.357. The summed E-state index contributed by atoms with van der Waals surface area (Å²) in [5, 5.41) is 7.69. The lowest BCUT2D eigenvalue weighted by Crippen LogP contribution is -2.11. The molecule has 94 valence electrons. The van der Waals surface area contributed by atoms with Crippen LogP contribution < -0.4 is 10.1 Å². The van der Waals surface area contributed by atoms with Gasteiger partial charge in [-0.25, -0.2) is 0 Å². The normalized spacial score (nSPS) is 15.0. The molecule has 0 radical (unpaired) electrons. The monoisotopic (exact) mass is 243 g/mol. The minimum Gasteiger partial charge on any atom is -0.493 e. The van der Waals surface area contributed by atoms with E-state index in [0.717, 1.165) is 24.5 Å². The number of nitrogens with zero attached hydrogens (tertiary/aromatic N) is 2. The maximum atomic E-state index is 5.51. The Morgan fingerprint density at radius 3 is 3.06 bits per heavy atom. The van der Waals surface area contributed by atoms with E-state index >= 15 is 0 Å². The zero-order valence-corrected chi connectivity index (χ0v) is 10.7. The minimum atomic E-state index is 0.234. The summed E-state index contributed by atoms with van der Waals surface area (Å²) in [6.07, 6.45) is 2.83. The third-order valence-corrected chi connectivity index (χ3v) is 3.38. The van der Waals surface area contributed by atoms with Crippen LogP contribution >= 0.6 is 0 Å². The fraction of sp³-hybridized carbons (Fsp3) is 0.357. The Labute approximate surface area is 107 Å².